The summed E-state index contributed by atoms with van der Waals surface area (Å²) in [7, 11) is 0. The SMILES string of the molecule is Cc1cc(C/C=C2\C[C@H](O)C[C@H]2C(=O)NCc2ccc(Cl)cc2)on1. The van der Waals surface area contributed by atoms with Gasteiger partial charge in [-0.3, -0.25) is 4.79 Å². The van der Waals surface area contributed by atoms with Crippen LogP contribution in [0.1, 0.15) is 29.9 Å². The summed E-state index contributed by atoms with van der Waals surface area (Å²) >= 11 is 5.87. The Bertz CT molecular complexity index is 767. The van der Waals surface area contributed by atoms with E-state index in [-0.39, 0.29) is 11.8 Å². The van der Waals surface area contributed by atoms with Crippen LogP contribution in [0.15, 0.2) is 46.5 Å². The van der Waals surface area contributed by atoms with Crippen LogP contribution in [-0.2, 0) is 17.8 Å². The maximum atomic E-state index is 12.5. The number of carbonyl (C=O) groups is 1. The Morgan fingerprint density at radius 3 is 2.88 bits per heavy atom. The van der Waals surface area contributed by atoms with Crippen LogP contribution in [0, 0.1) is 12.8 Å². The number of halogens is 1. The van der Waals surface area contributed by atoms with Crippen LogP contribution < -0.4 is 5.32 Å². The molecule has 1 aliphatic carbocycles. The van der Waals surface area contributed by atoms with Crippen molar-refractivity contribution in [1.82, 2.24) is 10.5 Å². The lowest BCUT2D eigenvalue weighted by Gasteiger charge is -2.13. The molecule has 1 heterocycles. The maximum absolute atomic E-state index is 12.5. The molecule has 1 aliphatic rings. The summed E-state index contributed by atoms with van der Waals surface area (Å²) in [6, 6.07) is 9.24. The molecule has 1 amide bonds. The van der Waals surface area contributed by atoms with Crippen LogP contribution in [0.4, 0.5) is 0 Å². The van der Waals surface area contributed by atoms with E-state index in [1.807, 2.05) is 31.2 Å². The van der Waals surface area contributed by atoms with Gasteiger partial charge >= 0.3 is 0 Å². The van der Waals surface area contributed by atoms with Crippen LogP contribution in [0.3, 0.4) is 0 Å². The molecule has 0 unspecified atom stereocenters. The Labute approximate surface area is 151 Å². The van der Waals surface area contributed by atoms with Gasteiger partial charge in [0.1, 0.15) is 5.76 Å². The lowest BCUT2D eigenvalue weighted by molar-refractivity contribution is -0.124. The normalized spacial score (nSPS) is 21.6. The highest BCUT2D eigenvalue weighted by molar-refractivity contribution is 6.30. The minimum absolute atomic E-state index is 0.0634. The first-order chi connectivity index (χ1) is 12.0. The van der Waals surface area contributed by atoms with Crippen molar-refractivity contribution in [2.75, 3.05) is 0 Å². The van der Waals surface area contributed by atoms with Crippen molar-refractivity contribution in [3.05, 3.63) is 64.0 Å². The van der Waals surface area contributed by atoms with E-state index in [2.05, 4.69) is 10.5 Å². The molecular formula is C19H21ClN2O3. The number of benzene rings is 1. The lowest BCUT2D eigenvalue weighted by Crippen LogP contribution is -2.30. The molecule has 1 aromatic carbocycles. The zero-order valence-electron chi connectivity index (χ0n) is 14.0. The highest BCUT2D eigenvalue weighted by atomic mass is 35.5. The average Bonchev–Trinajstić information content (AvgIpc) is 3.17. The fourth-order valence-corrected chi connectivity index (χ4v) is 3.21. The fourth-order valence-electron chi connectivity index (χ4n) is 3.08. The Kier molecular flexibility index (Phi) is 5.56. The first-order valence-corrected chi connectivity index (χ1v) is 8.70. The Morgan fingerprint density at radius 2 is 2.20 bits per heavy atom. The number of aromatic nitrogens is 1. The van der Waals surface area contributed by atoms with Crippen molar-refractivity contribution in [3.8, 4) is 0 Å². The number of hydrogen-bond acceptors (Lipinski definition) is 4. The zero-order valence-corrected chi connectivity index (χ0v) is 14.8. The van der Waals surface area contributed by atoms with Crippen molar-refractivity contribution in [3.63, 3.8) is 0 Å². The summed E-state index contributed by atoms with van der Waals surface area (Å²) < 4.78 is 5.19. The second-order valence-electron chi connectivity index (χ2n) is 6.41. The number of amides is 1. The van der Waals surface area contributed by atoms with Crippen LogP contribution in [0.25, 0.3) is 0 Å². The summed E-state index contributed by atoms with van der Waals surface area (Å²) in [5.41, 5.74) is 2.77. The van der Waals surface area contributed by atoms with Crippen LogP contribution >= 0.6 is 11.6 Å². The molecule has 2 N–H and O–H groups in total. The van der Waals surface area contributed by atoms with Gasteiger partial charge in [0.15, 0.2) is 0 Å². The Balaban J connectivity index is 1.61. The molecule has 0 bridgehead atoms. The van der Waals surface area contributed by atoms with Gasteiger partial charge in [0.25, 0.3) is 0 Å². The van der Waals surface area contributed by atoms with E-state index in [1.54, 1.807) is 12.1 Å². The van der Waals surface area contributed by atoms with Gasteiger partial charge in [-0.1, -0.05) is 40.5 Å². The molecule has 5 nitrogen and oxygen atoms in total. The molecule has 0 saturated heterocycles. The largest absolute Gasteiger partial charge is 0.393 e. The zero-order chi connectivity index (χ0) is 17.8. The topological polar surface area (TPSA) is 75.4 Å². The molecule has 6 heteroatoms. The number of aliphatic hydroxyl groups is 1. The molecule has 132 valence electrons. The third-order valence-corrected chi connectivity index (χ3v) is 4.62. The quantitative estimate of drug-likeness (QED) is 0.803. The van der Waals surface area contributed by atoms with E-state index in [0.717, 1.165) is 22.6 Å². The van der Waals surface area contributed by atoms with Gasteiger partial charge in [-0.2, -0.15) is 0 Å². The number of aliphatic hydroxyl groups excluding tert-OH is 1. The average molecular weight is 361 g/mol. The lowest BCUT2D eigenvalue weighted by atomic mass is 10.00. The molecule has 0 aliphatic heterocycles. The molecule has 0 spiro atoms. The maximum Gasteiger partial charge on any atom is 0.227 e. The molecule has 0 radical (unpaired) electrons. The highest BCUT2D eigenvalue weighted by Crippen LogP contribution is 2.32. The third kappa shape index (κ3) is 4.71. The Hall–Kier alpha value is -2.11. The molecule has 1 saturated carbocycles. The van der Waals surface area contributed by atoms with E-state index in [9.17, 15) is 9.90 Å². The summed E-state index contributed by atoms with van der Waals surface area (Å²) in [5.74, 6) is 0.393. The number of carbonyl (C=O) groups excluding carboxylic acids is 1. The van der Waals surface area contributed by atoms with Crippen molar-refractivity contribution in [1.29, 1.82) is 0 Å². The van der Waals surface area contributed by atoms with Crippen molar-refractivity contribution < 1.29 is 14.4 Å². The first-order valence-electron chi connectivity index (χ1n) is 8.32. The van der Waals surface area contributed by atoms with Gasteiger partial charge in [0.05, 0.1) is 17.7 Å². The standard InChI is InChI=1S/C19H21ClN2O3/c1-12-8-17(25-22-12)7-4-14-9-16(23)10-18(14)19(24)21-11-13-2-5-15(20)6-3-13/h2-6,8,16,18,23H,7,9-11H2,1H3,(H,21,24)/b14-4+/t16-,18+/m0/s1. The van der Waals surface area contributed by atoms with Crippen LogP contribution in [0.2, 0.25) is 5.02 Å². The summed E-state index contributed by atoms with van der Waals surface area (Å²) in [6.45, 7) is 2.31. The van der Waals surface area contributed by atoms with E-state index < -0.39 is 6.10 Å². The van der Waals surface area contributed by atoms with Gasteiger partial charge in [-0.05, 0) is 37.5 Å². The van der Waals surface area contributed by atoms with Crippen LogP contribution in [-0.4, -0.2) is 22.3 Å². The number of hydrogen-bond donors (Lipinski definition) is 2. The van der Waals surface area contributed by atoms with Gasteiger partial charge in [0.2, 0.25) is 5.91 Å². The molecule has 2 atom stereocenters. The van der Waals surface area contributed by atoms with Gasteiger partial charge in [-0.25, -0.2) is 0 Å². The molecule has 1 aromatic heterocycles. The fraction of sp³-hybridized carbons (Fsp3) is 0.368. The predicted octanol–water partition coefficient (Wildman–Crippen LogP) is 3.19. The van der Waals surface area contributed by atoms with Crippen molar-refractivity contribution >= 4 is 17.5 Å². The molecule has 3 rings (SSSR count). The van der Waals surface area contributed by atoms with Crippen LogP contribution in [0.5, 0.6) is 0 Å². The monoisotopic (exact) mass is 360 g/mol. The summed E-state index contributed by atoms with van der Waals surface area (Å²) in [4.78, 5) is 12.5. The second kappa shape index (κ2) is 7.85. The first kappa shape index (κ1) is 17.7. The van der Waals surface area contributed by atoms with Gasteiger partial charge < -0.3 is 14.9 Å². The second-order valence-corrected chi connectivity index (χ2v) is 6.84. The van der Waals surface area contributed by atoms with Crippen molar-refractivity contribution in [2.45, 2.75) is 38.8 Å². The van der Waals surface area contributed by atoms with E-state index in [1.165, 1.54) is 0 Å². The number of allylic oxidation sites excluding steroid dienone is 1. The number of nitrogens with one attached hydrogen (secondary N) is 1. The Morgan fingerprint density at radius 1 is 1.44 bits per heavy atom. The minimum Gasteiger partial charge on any atom is -0.393 e. The van der Waals surface area contributed by atoms with Gasteiger partial charge in [-0.15, -0.1) is 0 Å². The number of rotatable bonds is 5. The molecule has 25 heavy (non-hydrogen) atoms. The third-order valence-electron chi connectivity index (χ3n) is 4.37. The number of aryl methyl sites for hydroxylation is 1. The minimum atomic E-state index is -0.478. The smallest absolute Gasteiger partial charge is 0.227 e. The summed E-state index contributed by atoms with van der Waals surface area (Å²) in [5, 5.41) is 17.4. The molecule has 1 fully saturated rings. The summed E-state index contributed by atoms with van der Waals surface area (Å²) in [6.07, 6.45) is 3.04. The van der Waals surface area contributed by atoms with E-state index in [4.69, 9.17) is 16.1 Å². The van der Waals surface area contributed by atoms with E-state index >= 15 is 0 Å². The van der Waals surface area contributed by atoms with E-state index in [0.29, 0.717) is 30.8 Å². The predicted molar refractivity (Wildman–Crippen MR) is 95.1 cm³/mol. The molecule has 2 aromatic rings. The number of nitrogens with zero attached hydrogens (tertiary/aromatic N) is 1. The van der Waals surface area contributed by atoms with Gasteiger partial charge in [0, 0.05) is 24.1 Å². The van der Waals surface area contributed by atoms with Crippen molar-refractivity contribution in [2.24, 2.45) is 5.92 Å². The molecular weight excluding hydrogens is 340 g/mol. The highest BCUT2D eigenvalue weighted by Gasteiger charge is 2.32.